The third-order valence-electron chi connectivity index (χ3n) is 18.1. The molecule has 0 saturated heterocycles. The normalized spacial score (nSPS) is 12.5. The van der Waals surface area contributed by atoms with E-state index in [1.54, 1.807) is 6.08 Å². The molecule has 0 radical (unpaired) electrons. The van der Waals surface area contributed by atoms with Gasteiger partial charge in [-0.2, -0.15) is 0 Å². The zero-order valence-corrected chi connectivity index (χ0v) is 56.0. The summed E-state index contributed by atoms with van der Waals surface area (Å²) in [6, 6.07) is -0.626. The van der Waals surface area contributed by atoms with E-state index in [0.717, 1.165) is 38.5 Å². The Bertz CT molecular complexity index is 1240. The van der Waals surface area contributed by atoms with Crippen LogP contribution >= 0.6 is 0 Å². The van der Waals surface area contributed by atoms with Gasteiger partial charge in [0.2, 0.25) is 5.91 Å². The molecular formula is C76H149NO5. The molecule has 1 amide bonds. The minimum Gasteiger partial charge on any atom is -0.466 e. The van der Waals surface area contributed by atoms with Gasteiger partial charge >= 0.3 is 5.97 Å². The summed E-state index contributed by atoms with van der Waals surface area (Å²) in [7, 11) is 0. The van der Waals surface area contributed by atoms with E-state index in [4.69, 9.17) is 4.74 Å². The Morgan fingerprint density at radius 3 is 0.829 bits per heavy atom. The second-order valence-electron chi connectivity index (χ2n) is 26.4. The summed E-state index contributed by atoms with van der Waals surface area (Å²) in [5.74, 6) is -0.0385. The molecule has 2 atom stereocenters. The van der Waals surface area contributed by atoms with Gasteiger partial charge in [-0.1, -0.05) is 405 Å². The number of unbranched alkanes of at least 4 members (excludes halogenated alkanes) is 61. The fraction of sp³-hybridized carbons (Fsp3) is 0.947. The van der Waals surface area contributed by atoms with Gasteiger partial charge in [0.15, 0.2) is 0 Å². The van der Waals surface area contributed by atoms with Crippen molar-refractivity contribution in [1.82, 2.24) is 5.32 Å². The van der Waals surface area contributed by atoms with Gasteiger partial charge in [0.25, 0.3) is 0 Å². The number of carbonyl (C=O) groups is 2. The number of esters is 1. The lowest BCUT2D eigenvalue weighted by Gasteiger charge is -2.20. The van der Waals surface area contributed by atoms with E-state index in [9.17, 15) is 19.8 Å². The molecule has 0 aliphatic carbocycles. The molecule has 488 valence electrons. The van der Waals surface area contributed by atoms with Crippen LogP contribution in [0.3, 0.4) is 0 Å². The predicted molar refractivity (Wildman–Crippen MR) is 361 cm³/mol. The molecule has 0 aromatic rings. The van der Waals surface area contributed by atoms with Crippen molar-refractivity contribution in [3.8, 4) is 0 Å². The van der Waals surface area contributed by atoms with Crippen molar-refractivity contribution in [1.29, 1.82) is 0 Å². The molecule has 0 aliphatic heterocycles. The Labute approximate surface area is 514 Å². The molecule has 0 aliphatic rings. The lowest BCUT2D eigenvalue weighted by molar-refractivity contribution is -0.143. The van der Waals surface area contributed by atoms with Crippen LogP contribution in [0.1, 0.15) is 438 Å². The molecule has 82 heavy (non-hydrogen) atoms. The standard InChI is InChI=1S/C76H149NO5/c1-3-5-7-9-11-13-15-17-19-20-21-22-23-29-32-35-38-41-44-48-52-56-60-64-68-74(79)73(72-78)77-75(80)69-65-61-57-53-49-45-42-39-36-33-30-27-25-24-26-28-31-34-37-40-43-47-51-55-59-63-67-71-82-76(81)70-66-62-58-54-50-46-18-16-14-12-10-8-6-4-2/h64,68,73-74,78-79H,3-63,65-67,69-72H2,1-2H3,(H,77,80)/b68-64+. The van der Waals surface area contributed by atoms with E-state index in [1.807, 2.05) is 6.08 Å². The number of hydrogen-bond acceptors (Lipinski definition) is 5. The van der Waals surface area contributed by atoms with Crippen LogP contribution in [-0.2, 0) is 14.3 Å². The first-order chi connectivity index (χ1) is 40.5. The highest BCUT2D eigenvalue weighted by Crippen LogP contribution is 2.20. The van der Waals surface area contributed by atoms with Crippen molar-refractivity contribution in [3.63, 3.8) is 0 Å². The quantitative estimate of drug-likeness (QED) is 0.0320. The molecule has 0 fully saturated rings. The van der Waals surface area contributed by atoms with E-state index in [-0.39, 0.29) is 18.5 Å². The van der Waals surface area contributed by atoms with E-state index >= 15 is 0 Å². The van der Waals surface area contributed by atoms with Crippen LogP contribution in [0.15, 0.2) is 12.2 Å². The van der Waals surface area contributed by atoms with Crippen LogP contribution in [0.2, 0.25) is 0 Å². The first kappa shape index (κ1) is 80.6. The van der Waals surface area contributed by atoms with Gasteiger partial charge in [-0.3, -0.25) is 9.59 Å². The van der Waals surface area contributed by atoms with Crippen LogP contribution in [0.25, 0.3) is 0 Å². The molecule has 2 unspecified atom stereocenters. The summed E-state index contributed by atoms with van der Waals surface area (Å²) in [5, 5.41) is 23.3. The van der Waals surface area contributed by atoms with Crippen molar-refractivity contribution < 1.29 is 24.5 Å². The molecule has 0 saturated carbocycles. The fourth-order valence-electron chi connectivity index (χ4n) is 12.3. The number of nitrogens with one attached hydrogen (secondary N) is 1. The Morgan fingerprint density at radius 1 is 0.329 bits per heavy atom. The van der Waals surface area contributed by atoms with Crippen LogP contribution in [0.4, 0.5) is 0 Å². The molecule has 0 aromatic carbocycles. The fourth-order valence-corrected chi connectivity index (χ4v) is 12.3. The number of rotatable bonds is 72. The molecular weight excluding hydrogens is 1010 g/mol. The van der Waals surface area contributed by atoms with Gasteiger partial charge in [-0.05, 0) is 32.1 Å². The SMILES string of the molecule is CCCCCCCCCCCCCCCCCCCCCCCC/C=C/C(O)C(CO)NC(=O)CCCCCCCCCCCCCCCCCCCCCCCCCCCCCOC(=O)CCCCCCCCCCCCCCCC. The van der Waals surface area contributed by atoms with Crippen molar-refractivity contribution in [2.45, 2.75) is 450 Å². The summed E-state index contributed by atoms with van der Waals surface area (Å²) < 4.78 is 5.50. The monoisotopic (exact) mass is 1160 g/mol. The third kappa shape index (κ3) is 67.7. The minimum absolute atomic E-state index is 0.0212. The van der Waals surface area contributed by atoms with Crippen LogP contribution in [0.5, 0.6) is 0 Å². The maximum Gasteiger partial charge on any atom is 0.305 e. The second kappa shape index (κ2) is 72.1. The van der Waals surface area contributed by atoms with E-state index in [0.29, 0.717) is 19.4 Å². The average molecular weight is 1160 g/mol. The Balaban J connectivity index is 3.37. The van der Waals surface area contributed by atoms with Gasteiger partial charge in [-0.25, -0.2) is 0 Å². The molecule has 3 N–H and O–H groups in total. The predicted octanol–water partition coefficient (Wildman–Crippen LogP) is 24.7. The molecule has 0 rings (SSSR count). The van der Waals surface area contributed by atoms with Crippen molar-refractivity contribution >= 4 is 11.9 Å². The summed E-state index contributed by atoms with van der Waals surface area (Å²) in [6.45, 7) is 4.96. The first-order valence-electron chi connectivity index (χ1n) is 38.0. The largest absolute Gasteiger partial charge is 0.466 e. The van der Waals surface area contributed by atoms with Crippen LogP contribution in [-0.4, -0.2) is 47.4 Å². The Kier molecular flexibility index (Phi) is 70.8. The van der Waals surface area contributed by atoms with Crippen molar-refractivity contribution in [3.05, 3.63) is 12.2 Å². The number of aliphatic hydroxyl groups excluding tert-OH is 2. The number of aliphatic hydroxyl groups is 2. The summed E-state index contributed by atoms with van der Waals surface area (Å²) in [5.41, 5.74) is 0. The molecule has 0 aromatic heterocycles. The maximum absolute atomic E-state index is 12.5. The zero-order chi connectivity index (χ0) is 59.2. The lowest BCUT2D eigenvalue weighted by atomic mass is 10.0. The van der Waals surface area contributed by atoms with Gasteiger partial charge in [0, 0.05) is 12.8 Å². The summed E-state index contributed by atoms with van der Waals surface area (Å²) in [4.78, 5) is 24.6. The molecule has 0 spiro atoms. The van der Waals surface area contributed by atoms with E-state index < -0.39 is 12.1 Å². The number of ether oxygens (including phenoxy) is 1. The van der Waals surface area contributed by atoms with Gasteiger partial charge in [0.1, 0.15) is 0 Å². The highest BCUT2D eigenvalue weighted by molar-refractivity contribution is 5.76. The lowest BCUT2D eigenvalue weighted by Crippen LogP contribution is -2.45. The maximum atomic E-state index is 12.5. The minimum atomic E-state index is -0.843. The van der Waals surface area contributed by atoms with Gasteiger partial charge in [-0.15, -0.1) is 0 Å². The summed E-state index contributed by atoms with van der Waals surface area (Å²) in [6.07, 6.45) is 90.3. The number of allylic oxidation sites excluding steroid dienone is 1. The Morgan fingerprint density at radius 2 is 0.561 bits per heavy atom. The van der Waals surface area contributed by atoms with Gasteiger partial charge in [0.05, 0.1) is 25.4 Å². The van der Waals surface area contributed by atoms with E-state index in [1.165, 1.54) is 372 Å². The van der Waals surface area contributed by atoms with E-state index in [2.05, 4.69) is 19.2 Å². The number of carbonyl (C=O) groups excluding carboxylic acids is 2. The number of amides is 1. The van der Waals surface area contributed by atoms with Crippen LogP contribution in [0, 0.1) is 0 Å². The highest BCUT2D eigenvalue weighted by atomic mass is 16.5. The molecule has 6 nitrogen and oxygen atoms in total. The topological polar surface area (TPSA) is 95.9 Å². The third-order valence-corrected chi connectivity index (χ3v) is 18.1. The van der Waals surface area contributed by atoms with Gasteiger partial charge < -0.3 is 20.3 Å². The Hall–Kier alpha value is -1.40. The van der Waals surface area contributed by atoms with Crippen LogP contribution < -0.4 is 5.32 Å². The second-order valence-corrected chi connectivity index (χ2v) is 26.4. The summed E-state index contributed by atoms with van der Waals surface area (Å²) >= 11 is 0. The van der Waals surface area contributed by atoms with Crippen molar-refractivity contribution in [2.24, 2.45) is 0 Å². The smallest absolute Gasteiger partial charge is 0.305 e. The highest BCUT2D eigenvalue weighted by Gasteiger charge is 2.18. The molecule has 0 heterocycles. The average Bonchev–Trinajstić information content (AvgIpc) is 3.48. The molecule has 6 heteroatoms. The molecule has 0 bridgehead atoms. The first-order valence-corrected chi connectivity index (χ1v) is 38.0. The number of hydrogen-bond donors (Lipinski definition) is 3. The zero-order valence-electron chi connectivity index (χ0n) is 56.0. The van der Waals surface area contributed by atoms with Crippen molar-refractivity contribution in [2.75, 3.05) is 13.2 Å².